The van der Waals surface area contributed by atoms with Crippen molar-refractivity contribution in [2.75, 3.05) is 21.3 Å². The third-order valence-corrected chi connectivity index (χ3v) is 4.13. The fourth-order valence-electron chi connectivity index (χ4n) is 2.71. The van der Waals surface area contributed by atoms with Gasteiger partial charge in [0.05, 0.1) is 12.7 Å². The maximum Gasteiger partial charge on any atom is 0.171 e. The molecule has 3 rings (SSSR count). The van der Waals surface area contributed by atoms with Crippen molar-refractivity contribution in [2.24, 2.45) is 21.8 Å². The number of amidine groups is 2. The SMILES string of the molecule is CO/N=C(\N)c1ccc(-c2cc(-c3ccc(/C(N)=N/OC)cc3OC)on2)cc1.Cl.Cl. The number of nitrogens with zero attached hydrogens (tertiary/aromatic N) is 3. The van der Waals surface area contributed by atoms with Gasteiger partial charge in [-0.25, -0.2) is 0 Å². The molecule has 0 unspecified atom stereocenters. The van der Waals surface area contributed by atoms with E-state index in [1.165, 1.54) is 14.2 Å². The summed E-state index contributed by atoms with van der Waals surface area (Å²) < 4.78 is 11.0. The summed E-state index contributed by atoms with van der Waals surface area (Å²) in [6.45, 7) is 0. The molecule has 0 amide bonds. The molecule has 0 bridgehead atoms. The maximum atomic E-state index is 5.86. The van der Waals surface area contributed by atoms with Crippen LogP contribution < -0.4 is 16.2 Å². The molecule has 0 saturated heterocycles. The molecule has 0 saturated carbocycles. The molecule has 4 N–H and O–H groups in total. The van der Waals surface area contributed by atoms with Gasteiger partial charge in [-0.2, -0.15) is 0 Å². The number of benzene rings is 2. The minimum Gasteiger partial charge on any atom is -0.496 e. The summed E-state index contributed by atoms with van der Waals surface area (Å²) >= 11 is 0. The van der Waals surface area contributed by atoms with Gasteiger partial charge in [-0.1, -0.05) is 45.8 Å². The van der Waals surface area contributed by atoms with Gasteiger partial charge < -0.3 is 30.4 Å². The van der Waals surface area contributed by atoms with Gasteiger partial charge in [0.1, 0.15) is 25.7 Å². The second-order valence-electron chi connectivity index (χ2n) is 5.89. The minimum atomic E-state index is 0. The van der Waals surface area contributed by atoms with Crippen LogP contribution in [0.3, 0.4) is 0 Å². The van der Waals surface area contributed by atoms with Crippen LogP contribution in [0, 0.1) is 0 Å². The number of hydrogen-bond acceptors (Lipinski definition) is 7. The number of nitrogens with two attached hydrogens (primary N) is 2. The third kappa shape index (κ3) is 5.80. The van der Waals surface area contributed by atoms with Crippen LogP contribution in [0.5, 0.6) is 5.75 Å². The molecule has 9 nitrogen and oxygen atoms in total. The number of halogens is 2. The van der Waals surface area contributed by atoms with E-state index in [0.717, 1.165) is 16.7 Å². The molecule has 0 fully saturated rings. The molecule has 31 heavy (non-hydrogen) atoms. The molecule has 0 spiro atoms. The van der Waals surface area contributed by atoms with Crippen molar-refractivity contribution in [2.45, 2.75) is 0 Å². The highest BCUT2D eigenvalue weighted by Gasteiger charge is 2.15. The van der Waals surface area contributed by atoms with E-state index in [2.05, 4.69) is 20.3 Å². The predicted octanol–water partition coefficient (Wildman–Crippen LogP) is 3.39. The first-order valence-electron chi connectivity index (χ1n) is 8.57. The van der Waals surface area contributed by atoms with Crippen LogP contribution in [-0.2, 0) is 9.68 Å². The van der Waals surface area contributed by atoms with Crippen LogP contribution >= 0.6 is 24.8 Å². The quantitative estimate of drug-likeness (QED) is 0.309. The fraction of sp³-hybridized carbons (Fsp3) is 0.150. The van der Waals surface area contributed by atoms with Gasteiger partial charge in [-0.15, -0.1) is 24.8 Å². The number of rotatable bonds is 7. The summed E-state index contributed by atoms with van der Waals surface area (Å²) in [5.74, 6) is 1.65. The smallest absolute Gasteiger partial charge is 0.171 e. The van der Waals surface area contributed by atoms with Crippen LogP contribution in [0.15, 0.2) is 63.4 Å². The molecule has 1 aromatic heterocycles. The highest BCUT2D eigenvalue weighted by molar-refractivity contribution is 5.98. The Morgan fingerprint density at radius 3 is 2.00 bits per heavy atom. The van der Waals surface area contributed by atoms with Gasteiger partial charge in [0.2, 0.25) is 0 Å². The van der Waals surface area contributed by atoms with E-state index in [-0.39, 0.29) is 30.6 Å². The summed E-state index contributed by atoms with van der Waals surface area (Å²) in [7, 11) is 4.44. The average molecular weight is 468 g/mol. The monoisotopic (exact) mass is 467 g/mol. The van der Waals surface area contributed by atoms with Crippen molar-refractivity contribution >= 4 is 36.5 Å². The summed E-state index contributed by atoms with van der Waals surface area (Å²) in [4.78, 5) is 9.39. The Morgan fingerprint density at radius 2 is 1.42 bits per heavy atom. The van der Waals surface area contributed by atoms with E-state index in [1.807, 2.05) is 36.4 Å². The molecule has 11 heteroatoms. The third-order valence-electron chi connectivity index (χ3n) is 4.13. The van der Waals surface area contributed by atoms with E-state index in [0.29, 0.717) is 28.6 Å². The lowest BCUT2D eigenvalue weighted by Gasteiger charge is -2.08. The number of ether oxygens (including phenoxy) is 1. The first kappa shape index (κ1) is 25.6. The lowest BCUT2D eigenvalue weighted by molar-refractivity contribution is 0.213. The molecule has 166 valence electrons. The Balaban J connectivity index is 0.00000240. The first-order chi connectivity index (χ1) is 14.1. The Bertz CT molecular complexity index is 1050. The minimum absolute atomic E-state index is 0. The van der Waals surface area contributed by atoms with E-state index >= 15 is 0 Å². The van der Waals surface area contributed by atoms with Crippen LogP contribution in [0.1, 0.15) is 11.1 Å². The van der Waals surface area contributed by atoms with E-state index in [1.54, 1.807) is 19.2 Å². The molecule has 0 aliphatic heterocycles. The second-order valence-corrected chi connectivity index (χ2v) is 5.89. The number of methoxy groups -OCH3 is 1. The molecular formula is C20H23Cl2N5O4. The van der Waals surface area contributed by atoms with Crippen molar-refractivity contribution in [3.05, 3.63) is 59.7 Å². The van der Waals surface area contributed by atoms with Crippen molar-refractivity contribution in [3.63, 3.8) is 0 Å². The normalized spacial score (nSPS) is 11.2. The zero-order valence-electron chi connectivity index (χ0n) is 17.1. The average Bonchev–Trinajstić information content (AvgIpc) is 3.23. The van der Waals surface area contributed by atoms with Crippen LogP contribution in [0.25, 0.3) is 22.6 Å². The highest BCUT2D eigenvalue weighted by atomic mass is 35.5. The van der Waals surface area contributed by atoms with E-state index < -0.39 is 0 Å². The summed E-state index contributed by atoms with van der Waals surface area (Å²) in [5.41, 5.74) is 15.3. The lowest BCUT2D eigenvalue weighted by Crippen LogP contribution is -2.13. The van der Waals surface area contributed by atoms with Gasteiger partial charge in [0.25, 0.3) is 0 Å². The molecule has 0 aliphatic rings. The van der Waals surface area contributed by atoms with Crippen LogP contribution in [0.2, 0.25) is 0 Å². The summed E-state index contributed by atoms with van der Waals surface area (Å²) in [6.07, 6.45) is 0. The van der Waals surface area contributed by atoms with Gasteiger partial charge in [-0.3, -0.25) is 0 Å². The topological polar surface area (TPSA) is 130 Å². The van der Waals surface area contributed by atoms with Crippen LogP contribution in [0.4, 0.5) is 0 Å². The Labute approximate surface area is 191 Å². The largest absolute Gasteiger partial charge is 0.496 e. The van der Waals surface area contributed by atoms with Crippen LogP contribution in [-0.4, -0.2) is 38.2 Å². The number of oxime groups is 2. The molecule has 0 atom stereocenters. The van der Waals surface area contributed by atoms with E-state index in [4.69, 9.17) is 25.6 Å². The highest BCUT2D eigenvalue weighted by Crippen LogP contribution is 2.33. The second kappa shape index (κ2) is 11.7. The van der Waals surface area contributed by atoms with Gasteiger partial charge in [0, 0.05) is 22.8 Å². The van der Waals surface area contributed by atoms with Crippen molar-refractivity contribution < 1.29 is 18.9 Å². The lowest BCUT2D eigenvalue weighted by atomic mass is 10.1. The molecule has 0 aliphatic carbocycles. The van der Waals surface area contributed by atoms with Gasteiger partial charge in [-0.05, 0) is 12.1 Å². The zero-order valence-corrected chi connectivity index (χ0v) is 18.7. The van der Waals surface area contributed by atoms with Crippen molar-refractivity contribution in [1.29, 1.82) is 0 Å². The Kier molecular flexibility index (Phi) is 9.65. The summed E-state index contributed by atoms with van der Waals surface area (Å²) in [6, 6.07) is 14.6. The number of hydrogen-bond donors (Lipinski definition) is 2. The molecular weight excluding hydrogens is 445 g/mol. The van der Waals surface area contributed by atoms with Crippen molar-refractivity contribution in [1.82, 2.24) is 5.16 Å². The molecule has 3 aromatic rings. The Morgan fingerprint density at radius 1 is 0.839 bits per heavy atom. The zero-order chi connectivity index (χ0) is 20.8. The maximum absolute atomic E-state index is 5.86. The van der Waals surface area contributed by atoms with Crippen molar-refractivity contribution in [3.8, 4) is 28.3 Å². The number of aromatic nitrogens is 1. The summed E-state index contributed by atoms with van der Waals surface area (Å²) in [5, 5.41) is 11.6. The molecule has 2 aromatic carbocycles. The standard InChI is InChI=1S/C20H21N5O4.2ClH/c1-26-17-10-14(20(22)25-28-3)8-9-15(17)18-11-16(23-29-18)12-4-6-13(7-5-12)19(21)24-27-2;;/h4-11H,1-3H3,(H2,21,24)(H2,22,25);2*1H. The van der Waals surface area contributed by atoms with Gasteiger partial charge >= 0.3 is 0 Å². The molecule has 1 heterocycles. The predicted molar refractivity (Wildman–Crippen MR) is 124 cm³/mol. The fourth-order valence-corrected chi connectivity index (χ4v) is 2.71. The molecule has 0 radical (unpaired) electrons. The first-order valence-corrected chi connectivity index (χ1v) is 8.57. The Hall–Kier alpha value is -3.43. The van der Waals surface area contributed by atoms with E-state index in [9.17, 15) is 0 Å². The van der Waals surface area contributed by atoms with Gasteiger partial charge in [0.15, 0.2) is 17.4 Å².